The van der Waals surface area contributed by atoms with Gasteiger partial charge in [0.15, 0.2) is 0 Å². The fourth-order valence-electron chi connectivity index (χ4n) is 2.96. The molecule has 2 aromatic heterocycles. The minimum Gasteiger partial charge on any atom is -0.367 e. The van der Waals surface area contributed by atoms with Crippen LogP contribution in [0.2, 0.25) is 0 Å². The average molecular weight is 290 g/mol. The molecule has 0 radical (unpaired) electrons. The zero-order valence-corrected chi connectivity index (χ0v) is 13.0. The van der Waals surface area contributed by atoms with Crippen LogP contribution in [0.5, 0.6) is 0 Å². The highest BCUT2D eigenvalue weighted by Gasteiger charge is 2.20. The van der Waals surface area contributed by atoms with Gasteiger partial charge in [-0.2, -0.15) is 4.98 Å². The van der Waals surface area contributed by atoms with Crippen LogP contribution in [0.15, 0.2) is 11.4 Å². The summed E-state index contributed by atoms with van der Waals surface area (Å²) in [6.07, 6.45) is 5.16. The number of nitrogens with one attached hydrogen (secondary N) is 2. The van der Waals surface area contributed by atoms with Crippen molar-refractivity contribution in [2.24, 2.45) is 5.92 Å². The molecular formula is C15H22N4S. The molecule has 5 heteroatoms. The van der Waals surface area contributed by atoms with Gasteiger partial charge < -0.3 is 10.6 Å². The van der Waals surface area contributed by atoms with Crippen molar-refractivity contribution in [1.29, 1.82) is 0 Å². The van der Waals surface area contributed by atoms with E-state index < -0.39 is 0 Å². The number of nitrogens with zero attached hydrogens (tertiary/aromatic N) is 2. The molecule has 2 atom stereocenters. The number of aromatic nitrogens is 2. The van der Waals surface area contributed by atoms with Crippen LogP contribution in [0.3, 0.4) is 0 Å². The van der Waals surface area contributed by atoms with Crippen LogP contribution < -0.4 is 10.6 Å². The lowest BCUT2D eigenvalue weighted by Crippen LogP contribution is -2.26. The molecule has 0 aromatic carbocycles. The molecule has 20 heavy (non-hydrogen) atoms. The molecule has 0 bridgehead atoms. The lowest BCUT2D eigenvalue weighted by Gasteiger charge is -2.28. The van der Waals surface area contributed by atoms with E-state index in [1.54, 1.807) is 11.3 Å². The maximum Gasteiger partial charge on any atom is 0.226 e. The smallest absolute Gasteiger partial charge is 0.226 e. The fourth-order valence-corrected chi connectivity index (χ4v) is 3.73. The summed E-state index contributed by atoms with van der Waals surface area (Å²) in [7, 11) is 0. The molecule has 1 saturated carbocycles. The number of anilines is 2. The third-order valence-electron chi connectivity index (χ3n) is 3.94. The summed E-state index contributed by atoms with van der Waals surface area (Å²) in [5.74, 6) is 2.54. The molecule has 1 aliphatic rings. The molecule has 1 aliphatic carbocycles. The van der Waals surface area contributed by atoms with Crippen molar-refractivity contribution in [3.63, 3.8) is 0 Å². The van der Waals surface area contributed by atoms with E-state index in [1.807, 2.05) is 0 Å². The standard InChI is InChI=1S/C15H22N4S/c1-3-16-15-18-13(12-7-8-20-14(12)19-15)17-11-6-4-5-10(2)9-11/h7-8,10-11H,3-6,9H2,1-2H3,(H2,16,17,18,19). The average Bonchev–Trinajstić information content (AvgIpc) is 2.87. The Morgan fingerprint density at radius 1 is 1.35 bits per heavy atom. The molecule has 2 N–H and O–H groups in total. The molecule has 108 valence electrons. The van der Waals surface area contributed by atoms with E-state index in [0.29, 0.717) is 6.04 Å². The Kier molecular flexibility index (Phi) is 4.05. The molecule has 4 nitrogen and oxygen atoms in total. The van der Waals surface area contributed by atoms with E-state index in [0.717, 1.165) is 34.4 Å². The Morgan fingerprint density at radius 2 is 2.25 bits per heavy atom. The first-order chi connectivity index (χ1) is 9.76. The second-order valence-electron chi connectivity index (χ2n) is 5.68. The number of fused-ring (bicyclic) bond motifs is 1. The molecule has 2 aromatic rings. The molecule has 0 amide bonds. The van der Waals surface area contributed by atoms with Crippen molar-refractivity contribution in [1.82, 2.24) is 9.97 Å². The van der Waals surface area contributed by atoms with Gasteiger partial charge in [0.2, 0.25) is 5.95 Å². The van der Waals surface area contributed by atoms with Crippen molar-refractivity contribution in [2.45, 2.75) is 45.6 Å². The zero-order valence-electron chi connectivity index (χ0n) is 12.1. The number of rotatable bonds is 4. The summed E-state index contributed by atoms with van der Waals surface area (Å²) < 4.78 is 0. The first-order valence-electron chi connectivity index (χ1n) is 7.52. The quantitative estimate of drug-likeness (QED) is 0.889. The predicted octanol–water partition coefficient (Wildman–Crippen LogP) is 4.11. The van der Waals surface area contributed by atoms with Gasteiger partial charge >= 0.3 is 0 Å². The van der Waals surface area contributed by atoms with Crippen molar-refractivity contribution in [2.75, 3.05) is 17.2 Å². The van der Waals surface area contributed by atoms with E-state index in [9.17, 15) is 0 Å². The van der Waals surface area contributed by atoms with Crippen LogP contribution in [0, 0.1) is 5.92 Å². The highest BCUT2D eigenvalue weighted by molar-refractivity contribution is 7.16. The van der Waals surface area contributed by atoms with E-state index in [1.165, 1.54) is 25.7 Å². The summed E-state index contributed by atoms with van der Waals surface area (Å²) in [6, 6.07) is 2.66. The van der Waals surface area contributed by atoms with E-state index in [2.05, 4.69) is 45.9 Å². The highest BCUT2D eigenvalue weighted by atomic mass is 32.1. The van der Waals surface area contributed by atoms with Gasteiger partial charge in [-0.3, -0.25) is 0 Å². The molecule has 2 heterocycles. The van der Waals surface area contributed by atoms with Crippen molar-refractivity contribution >= 4 is 33.3 Å². The minimum atomic E-state index is 0.547. The van der Waals surface area contributed by atoms with Gasteiger partial charge in [-0.25, -0.2) is 4.98 Å². The Hall–Kier alpha value is -1.36. The molecule has 1 fully saturated rings. The van der Waals surface area contributed by atoms with Crippen LogP contribution in [0.4, 0.5) is 11.8 Å². The third kappa shape index (κ3) is 2.87. The van der Waals surface area contributed by atoms with Crippen molar-refractivity contribution in [3.05, 3.63) is 11.4 Å². The SMILES string of the molecule is CCNc1nc(NC2CCCC(C)C2)c2ccsc2n1. The van der Waals surface area contributed by atoms with Gasteiger partial charge in [-0.1, -0.05) is 19.8 Å². The molecule has 3 rings (SSSR count). The monoisotopic (exact) mass is 290 g/mol. The van der Waals surface area contributed by atoms with E-state index in [-0.39, 0.29) is 0 Å². The molecule has 0 spiro atoms. The molecular weight excluding hydrogens is 268 g/mol. The molecule has 0 aliphatic heterocycles. The van der Waals surface area contributed by atoms with Gasteiger partial charge in [-0.15, -0.1) is 11.3 Å². The first kappa shape index (κ1) is 13.6. The number of thiophene rings is 1. The summed E-state index contributed by atoms with van der Waals surface area (Å²) in [5, 5.41) is 10.1. The number of hydrogen-bond acceptors (Lipinski definition) is 5. The van der Waals surface area contributed by atoms with Gasteiger partial charge in [0.1, 0.15) is 10.6 Å². The van der Waals surface area contributed by atoms with Crippen molar-refractivity contribution in [3.8, 4) is 0 Å². The fraction of sp³-hybridized carbons (Fsp3) is 0.600. The van der Waals surface area contributed by atoms with Crippen LogP contribution in [-0.2, 0) is 0 Å². The van der Waals surface area contributed by atoms with Crippen LogP contribution in [-0.4, -0.2) is 22.6 Å². The lowest BCUT2D eigenvalue weighted by atomic mass is 9.87. The second kappa shape index (κ2) is 5.95. The Bertz CT molecular complexity index is 580. The number of hydrogen-bond donors (Lipinski definition) is 2. The summed E-state index contributed by atoms with van der Waals surface area (Å²) in [5.41, 5.74) is 0. The minimum absolute atomic E-state index is 0.547. The van der Waals surface area contributed by atoms with E-state index in [4.69, 9.17) is 0 Å². The Morgan fingerprint density at radius 3 is 3.05 bits per heavy atom. The van der Waals surface area contributed by atoms with E-state index >= 15 is 0 Å². The predicted molar refractivity (Wildman–Crippen MR) is 86.6 cm³/mol. The van der Waals surface area contributed by atoms with Gasteiger partial charge in [0.25, 0.3) is 0 Å². The highest BCUT2D eigenvalue weighted by Crippen LogP contribution is 2.30. The normalized spacial score (nSPS) is 22.9. The lowest BCUT2D eigenvalue weighted by molar-refractivity contribution is 0.358. The summed E-state index contributed by atoms with van der Waals surface area (Å²) >= 11 is 1.67. The van der Waals surface area contributed by atoms with Crippen molar-refractivity contribution < 1.29 is 0 Å². The largest absolute Gasteiger partial charge is 0.367 e. The van der Waals surface area contributed by atoms with Gasteiger partial charge in [0.05, 0.1) is 5.39 Å². The first-order valence-corrected chi connectivity index (χ1v) is 8.40. The summed E-state index contributed by atoms with van der Waals surface area (Å²) in [4.78, 5) is 10.3. The topological polar surface area (TPSA) is 49.8 Å². The Labute approximate surface area is 124 Å². The summed E-state index contributed by atoms with van der Waals surface area (Å²) in [6.45, 7) is 5.26. The third-order valence-corrected chi connectivity index (χ3v) is 4.74. The van der Waals surface area contributed by atoms with Gasteiger partial charge in [0, 0.05) is 12.6 Å². The van der Waals surface area contributed by atoms with Crippen LogP contribution in [0.25, 0.3) is 10.2 Å². The maximum atomic E-state index is 4.66. The zero-order chi connectivity index (χ0) is 13.9. The maximum absolute atomic E-state index is 4.66. The second-order valence-corrected chi connectivity index (χ2v) is 6.57. The Balaban J connectivity index is 1.86. The molecule has 2 unspecified atom stereocenters. The molecule has 0 saturated heterocycles. The van der Waals surface area contributed by atoms with Crippen LogP contribution >= 0.6 is 11.3 Å². The van der Waals surface area contributed by atoms with Crippen LogP contribution in [0.1, 0.15) is 39.5 Å². The van der Waals surface area contributed by atoms with Gasteiger partial charge in [-0.05, 0) is 37.1 Å².